The lowest BCUT2D eigenvalue weighted by atomic mass is 10.0. The number of unbranched alkanes of at least 4 members (excludes halogenated alkanes) is 32. The average Bonchev–Trinajstić information content (AvgIpc) is 3.64. The van der Waals surface area contributed by atoms with Crippen LogP contribution in [0.5, 0.6) is 0 Å². The third kappa shape index (κ3) is 71.0. The molecule has 0 rings (SSSR count). The van der Waals surface area contributed by atoms with Crippen LogP contribution in [0.15, 0.2) is 122 Å². The molecule has 0 amide bonds. The smallest absolute Gasteiger partial charge is 0.306 e. The molecule has 0 saturated carbocycles. The van der Waals surface area contributed by atoms with Crippen LogP contribution in [0.3, 0.4) is 0 Å². The van der Waals surface area contributed by atoms with Crippen molar-refractivity contribution in [1.29, 1.82) is 0 Å². The van der Waals surface area contributed by atoms with Gasteiger partial charge in [-0.05, 0) is 109 Å². The Labute approximate surface area is 548 Å². The van der Waals surface area contributed by atoms with E-state index in [2.05, 4.69) is 135 Å². The highest BCUT2D eigenvalue weighted by atomic mass is 16.7. The Kier molecular flexibility index (Phi) is 66.2. The van der Waals surface area contributed by atoms with Gasteiger partial charge in [-0.25, -0.2) is 0 Å². The van der Waals surface area contributed by atoms with E-state index in [-0.39, 0.29) is 38.6 Å². The van der Waals surface area contributed by atoms with Gasteiger partial charge in [-0.1, -0.05) is 309 Å². The van der Waals surface area contributed by atoms with E-state index in [4.69, 9.17) is 18.9 Å². The fourth-order valence-corrected chi connectivity index (χ4v) is 10.1. The Balaban J connectivity index is 4.11. The molecular weight excluding hydrogens is 1100 g/mol. The van der Waals surface area contributed by atoms with Gasteiger partial charge >= 0.3 is 11.9 Å². The van der Waals surface area contributed by atoms with E-state index in [0.29, 0.717) is 17.4 Å². The Morgan fingerprint density at radius 3 is 0.978 bits per heavy atom. The van der Waals surface area contributed by atoms with Crippen molar-refractivity contribution in [2.45, 2.75) is 322 Å². The van der Waals surface area contributed by atoms with Gasteiger partial charge in [0.25, 0.3) is 0 Å². The van der Waals surface area contributed by atoms with E-state index >= 15 is 0 Å². The van der Waals surface area contributed by atoms with Crippen LogP contribution >= 0.6 is 0 Å². The number of allylic oxidation sites excluding steroid dienone is 20. The largest absolute Gasteiger partial charge is 0.545 e. The van der Waals surface area contributed by atoms with Crippen LogP contribution in [0.1, 0.15) is 309 Å². The number of ether oxygens (including phenoxy) is 4. The fourth-order valence-electron chi connectivity index (χ4n) is 10.1. The molecule has 0 aliphatic heterocycles. The number of nitrogens with zero attached hydrogens (tertiary/aromatic N) is 1. The zero-order valence-electron chi connectivity index (χ0n) is 58.3. The summed E-state index contributed by atoms with van der Waals surface area (Å²) in [5, 5.41) is 11.8. The monoisotopic (exact) mass is 1240 g/mol. The second-order valence-corrected chi connectivity index (χ2v) is 25.5. The Hall–Kier alpha value is -4.31. The number of hydrogen-bond acceptors (Lipinski definition) is 8. The molecule has 0 spiro atoms. The van der Waals surface area contributed by atoms with E-state index in [9.17, 15) is 19.5 Å². The number of carboxylic acid groups (broad SMARTS) is 1. The maximum absolute atomic E-state index is 12.9. The minimum atomic E-state index is -1.64. The summed E-state index contributed by atoms with van der Waals surface area (Å²) in [6.07, 6.45) is 95.9. The zero-order chi connectivity index (χ0) is 64.7. The SMILES string of the molecule is CC/C=C\C/C=C\C/C=C\C/C=C\C/C=C\C/C=C\C/C=C\C/C=C\CCCCC(=O)OC(COC(=O)CCCCCCCCCCCCCCCCCCCCCCCCCCC/C=C\C/C=C\CCCCCCC)COC(OCC[N+](C)(C)C)C(=O)[O-]. The lowest BCUT2D eigenvalue weighted by Gasteiger charge is -2.26. The first-order chi connectivity index (χ1) is 43.6. The first kappa shape index (κ1) is 84.7. The molecule has 9 heteroatoms. The number of carbonyl (C=O) groups excluding carboxylic acids is 3. The predicted molar refractivity (Wildman–Crippen MR) is 380 cm³/mol. The van der Waals surface area contributed by atoms with Gasteiger partial charge in [-0.2, -0.15) is 0 Å². The fraction of sp³-hybridized carbons (Fsp3) is 0.713. The van der Waals surface area contributed by atoms with Crippen LogP contribution < -0.4 is 5.11 Å². The minimum absolute atomic E-state index is 0.134. The summed E-state index contributed by atoms with van der Waals surface area (Å²) in [4.78, 5) is 37.5. The summed E-state index contributed by atoms with van der Waals surface area (Å²) >= 11 is 0. The lowest BCUT2D eigenvalue weighted by molar-refractivity contribution is -0.870. The van der Waals surface area contributed by atoms with Gasteiger partial charge in [-0.3, -0.25) is 9.59 Å². The van der Waals surface area contributed by atoms with Gasteiger partial charge < -0.3 is 33.3 Å². The van der Waals surface area contributed by atoms with Crippen LogP contribution in [-0.2, 0) is 33.3 Å². The standard InChI is InChI=1S/C80H137NO8/c1-6-8-10-12-14-16-18-20-22-24-26-28-30-32-34-35-36-37-38-39-40-41-42-43-45-46-48-50-52-54-56-58-60-62-64-66-68-70-77(82)87-74-76(75-88-80(79(84)85)86-73-72-81(3,4)5)89-78(83)71-69-67-65-63-61-59-57-55-53-51-49-47-44-33-31-29-27-25-23-21-19-17-15-13-11-9-7-2/h9,11,15,17-18,20-21,23-24,26-27,29,33,44,49,51,55,57,61,63,76,80H,6-8,10,12-14,16,19,22,25,28,30-32,34-43,45-48,50,52-54,56,58-60,62,64-75H2,1-5H3/b11-9-,17-15-,20-18-,23-21-,26-24-,29-27-,44-33-,51-49-,57-55-,63-61-. The van der Waals surface area contributed by atoms with Crippen molar-refractivity contribution in [3.05, 3.63) is 122 Å². The van der Waals surface area contributed by atoms with Crippen LogP contribution in [0, 0.1) is 0 Å². The van der Waals surface area contributed by atoms with Crippen LogP contribution in [0.25, 0.3) is 0 Å². The average molecular weight is 1240 g/mol. The second kappa shape index (κ2) is 69.6. The molecule has 0 aliphatic carbocycles. The highest BCUT2D eigenvalue weighted by molar-refractivity contribution is 5.70. The van der Waals surface area contributed by atoms with E-state index < -0.39 is 24.3 Å². The molecule has 0 aromatic heterocycles. The number of quaternary nitrogens is 1. The predicted octanol–water partition coefficient (Wildman–Crippen LogP) is 21.8. The Morgan fingerprint density at radius 2 is 0.640 bits per heavy atom. The number of carbonyl (C=O) groups is 3. The minimum Gasteiger partial charge on any atom is -0.545 e. The quantitative estimate of drug-likeness (QED) is 0.0195. The van der Waals surface area contributed by atoms with Crippen molar-refractivity contribution in [2.24, 2.45) is 0 Å². The molecule has 9 nitrogen and oxygen atoms in total. The van der Waals surface area contributed by atoms with Gasteiger partial charge in [-0.15, -0.1) is 0 Å². The van der Waals surface area contributed by atoms with E-state index in [1.54, 1.807) is 0 Å². The van der Waals surface area contributed by atoms with E-state index in [0.717, 1.165) is 89.9 Å². The van der Waals surface area contributed by atoms with Gasteiger partial charge in [0.15, 0.2) is 12.4 Å². The molecular formula is C80H137NO8. The van der Waals surface area contributed by atoms with Crippen LogP contribution in [0.2, 0.25) is 0 Å². The molecule has 2 atom stereocenters. The van der Waals surface area contributed by atoms with Crippen molar-refractivity contribution in [1.82, 2.24) is 0 Å². The van der Waals surface area contributed by atoms with Crippen molar-refractivity contribution < 1.29 is 42.9 Å². The van der Waals surface area contributed by atoms with Gasteiger partial charge in [0.2, 0.25) is 0 Å². The highest BCUT2D eigenvalue weighted by Gasteiger charge is 2.22. The van der Waals surface area contributed by atoms with Crippen molar-refractivity contribution in [3.63, 3.8) is 0 Å². The molecule has 0 radical (unpaired) electrons. The Bertz CT molecular complexity index is 1880. The maximum atomic E-state index is 12.9. The third-order valence-electron chi connectivity index (χ3n) is 15.7. The lowest BCUT2D eigenvalue weighted by Crippen LogP contribution is -2.44. The molecule has 0 heterocycles. The number of esters is 2. The summed E-state index contributed by atoms with van der Waals surface area (Å²) in [5.74, 6) is -2.34. The van der Waals surface area contributed by atoms with Gasteiger partial charge in [0.05, 0.1) is 40.3 Å². The second-order valence-electron chi connectivity index (χ2n) is 25.5. The van der Waals surface area contributed by atoms with E-state index in [1.165, 1.54) is 186 Å². The van der Waals surface area contributed by atoms with Gasteiger partial charge in [0, 0.05) is 12.8 Å². The first-order valence-electron chi connectivity index (χ1n) is 36.7. The number of aliphatic carboxylic acids is 1. The molecule has 0 saturated heterocycles. The third-order valence-corrected chi connectivity index (χ3v) is 15.7. The molecule has 0 aliphatic rings. The normalized spacial score (nSPS) is 13.4. The van der Waals surface area contributed by atoms with Crippen LogP contribution in [-0.4, -0.2) is 82.3 Å². The number of carboxylic acids is 1. The van der Waals surface area contributed by atoms with Crippen molar-refractivity contribution >= 4 is 17.9 Å². The summed E-state index contributed by atoms with van der Waals surface area (Å²) in [6, 6.07) is 0. The molecule has 89 heavy (non-hydrogen) atoms. The molecule has 0 aromatic rings. The molecule has 0 aromatic carbocycles. The zero-order valence-corrected chi connectivity index (χ0v) is 58.3. The summed E-state index contributed by atoms with van der Waals surface area (Å²) in [7, 11) is 5.91. The van der Waals surface area contributed by atoms with Gasteiger partial charge in [0.1, 0.15) is 13.2 Å². The summed E-state index contributed by atoms with van der Waals surface area (Å²) < 4.78 is 22.7. The topological polar surface area (TPSA) is 111 Å². The molecule has 0 fully saturated rings. The van der Waals surface area contributed by atoms with Crippen LogP contribution in [0.4, 0.5) is 0 Å². The summed E-state index contributed by atoms with van der Waals surface area (Å²) in [6.45, 7) is 4.59. The van der Waals surface area contributed by atoms with E-state index in [1.807, 2.05) is 21.1 Å². The maximum Gasteiger partial charge on any atom is 0.306 e. The van der Waals surface area contributed by atoms with Crippen molar-refractivity contribution in [3.8, 4) is 0 Å². The number of rotatable bonds is 67. The molecule has 2 unspecified atom stereocenters. The molecule has 510 valence electrons. The summed E-state index contributed by atoms with van der Waals surface area (Å²) in [5.41, 5.74) is 0. The number of hydrogen-bond donors (Lipinski definition) is 0. The Morgan fingerprint density at radius 1 is 0.348 bits per heavy atom. The first-order valence-corrected chi connectivity index (χ1v) is 36.7. The number of likely N-dealkylation sites (N-methyl/N-ethyl adjacent to an activating group) is 1. The highest BCUT2D eigenvalue weighted by Crippen LogP contribution is 2.18. The molecule has 0 N–H and O–H groups in total. The molecule has 0 bridgehead atoms. The van der Waals surface area contributed by atoms with Crippen molar-refractivity contribution in [2.75, 3.05) is 47.5 Å².